The number of carbonyl (C=O) groups is 1. The van der Waals surface area contributed by atoms with Crippen molar-refractivity contribution in [2.75, 3.05) is 0 Å². The van der Waals surface area contributed by atoms with Crippen LogP contribution in [0.25, 0.3) is 21.8 Å². The number of rotatable bonds is 6. The molecular formula is C24H22F2N2O. The van der Waals surface area contributed by atoms with Crippen LogP contribution in [-0.4, -0.2) is 10.5 Å². The van der Waals surface area contributed by atoms with Crippen LogP contribution >= 0.6 is 0 Å². The number of fused-ring (bicyclic) bond motifs is 3. The molecule has 29 heavy (non-hydrogen) atoms. The second-order valence-corrected chi connectivity index (χ2v) is 7.32. The Balaban J connectivity index is 1.99. The lowest BCUT2D eigenvalue weighted by atomic mass is 10.0. The van der Waals surface area contributed by atoms with Crippen molar-refractivity contribution in [2.24, 2.45) is 5.73 Å². The SMILES string of the molecule is CCCCc1ccc2c3c(C(N)=O)cccc3n(Cc3cccc(F)c3F)c2c1. The average Bonchev–Trinajstić information content (AvgIpc) is 3.03. The summed E-state index contributed by atoms with van der Waals surface area (Å²) in [5.41, 5.74) is 9.12. The minimum absolute atomic E-state index is 0.156. The molecule has 0 spiro atoms. The number of aryl methyl sites for hydroxylation is 1. The summed E-state index contributed by atoms with van der Waals surface area (Å²) < 4.78 is 30.1. The number of unbranched alkanes of at least 4 members (excludes halogenated alkanes) is 1. The molecule has 4 rings (SSSR count). The normalized spacial score (nSPS) is 11.4. The molecular weight excluding hydrogens is 370 g/mol. The number of halogens is 2. The Hall–Kier alpha value is -3.21. The molecule has 0 aliphatic rings. The van der Waals surface area contributed by atoms with Crippen LogP contribution in [0.2, 0.25) is 0 Å². The molecule has 0 fully saturated rings. The lowest BCUT2D eigenvalue weighted by Gasteiger charge is -2.10. The maximum Gasteiger partial charge on any atom is 0.249 e. The van der Waals surface area contributed by atoms with Gasteiger partial charge in [0.15, 0.2) is 11.6 Å². The standard InChI is InChI=1S/C24H22F2N2O/c1-2-3-6-15-11-12-17-21(13-15)28(14-16-7-4-9-19(25)23(16)26)20-10-5-8-18(22(17)20)24(27)29/h4-5,7-13H,2-3,6,14H2,1H3,(H2,27,29). The van der Waals surface area contributed by atoms with Crippen LogP contribution in [0, 0.1) is 11.6 Å². The van der Waals surface area contributed by atoms with Gasteiger partial charge < -0.3 is 10.3 Å². The first kappa shape index (κ1) is 19.1. The van der Waals surface area contributed by atoms with Gasteiger partial charge in [-0.05, 0) is 42.7 Å². The average molecular weight is 392 g/mol. The fraction of sp³-hybridized carbons (Fsp3) is 0.208. The second-order valence-electron chi connectivity index (χ2n) is 7.32. The van der Waals surface area contributed by atoms with Gasteiger partial charge >= 0.3 is 0 Å². The van der Waals surface area contributed by atoms with Crippen LogP contribution in [0.3, 0.4) is 0 Å². The van der Waals surface area contributed by atoms with Crippen LogP contribution < -0.4 is 5.73 Å². The van der Waals surface area contributed by atoms with E-state index in [9.17, 15) is 13.6 Å². The molecule has 2 N–H and O–H groups in total. The van der Waals surface area contributed by atoms with Gasteiger partial charge in [-0.25, -0.2) is 8.78 Å². The molecule has 1 heterocycles. The van der Waals surface area contributed by atoms with Gasteiger partial charge in [0, 0.05) is 27.4 Å². The number of amides is 1. The first-order valence-electron chi connectivity index (χ1n) is 9.77. The van der Waals surface area contributed by atoms with Crippen molar-refractivity contribution in [1.82, 2.24) is 4.57 Å². The van der Waals surface area contributed by atoms with E-state index in [1.165, 1.54) is 11.6 Å². The van der Waals surface area contributed by atoms with Gasteiger partial charge in [0.05, 0.1) is 12.1 Å². The zero-order valence-corrected chi connectivity index (χ0v) is 16.2. The number of carbonyl (C=O) groups excluding carboxylic acids is 1. The fourth-order valence-corrected chi connectivity index (χ4v) is 3.94. The molecule has 3 nitrogen and oxygen atoms in total. The molecule has 1 aromatic heterocycles. The Labute approximate surface area is 167 Å². The minimum atomic E-state index is -0.871. The van der Waals surface area contributed by atoms with Crippen molar-refractivity contribution in [3.8, 4) is 0 Å². The molecule has 0 aliphatic heterocycles. The van der Waals surface area contributed by atoms with Crippen molar-refractivity contribution in [1.29, 1.82) is 0 Å². The molecule has 4 aromatic rings. The Morgan fingerprint density at radius 3 is 2.59 bits per heavy atom. The predicted octanol–water partition coefficient (Wildman–Crippen LogP) is 5.56. The van der Waals surface area contributed by atoms with Gasteiger partial charge in [0.1, 0.15) is 0 Å². The van der Waals surface area contributed by atoms with Crippen molar-refractivity contribution in [2.45, 2.75) is 32.7 Å². The third kappa shape index (κ3) is 3.37. The number of hydrogen-bond acceptors (Lipinski definition) is 1. The maximum absolute atomic E-state index is 14.4. The monoisotopic (exact) mass is 392 g/mol. The first-order chi connectivity index (χ1) is 14.0. The molecule has 0 saturated carbocycles. The Kier molecular flexibility index (Phi) is 5.05. The largest absolute Gasteiger partial charge is 0.366 e. The lowest BCUT2D eigenvalue weighted by Crippen LogP contribution is -2.11. The van der Waals surface area contributed by atoms with Crippen molar-refractivity contribution in [3.63, 3.8) is 0 Å². The summed E-state index contributed by atoms with van der Waals surface area (Å²) >= 11 is 0. The Bertz CT molecular complexity index is 1230. The first-order valence-corrected chi connectivity index (χ1v) is 9.77. The Morgan fingerprint density at radius 1 is 1.03 bits per heavy atom. The molecule has 148 valence electrons. The molecule has 0 radical (unpaired) electrons. The molecule has 0 atom stereocenters. The van der Waals surface area contributed by atoms with Crippen LogP contribution in [-0.2, 0) is 13.0 Å². The number of primary amides is 1. The number of nitrogens with zero attached hydrogens (tertiary/aromatic N) is 1. The van der Waals surface area contributed by atoms with E-state index in [0.29, 0.717) is 5.56 Å². The zero-order chi connectivity index (χ0) is 20.5. The summed E-state index contributed by atoms with van der Waals surface area (Å²) in [7, 11) is 0. The maximum atomic E-state index is 14.4. The fourth-order valence-electron chi connectivity index (χ4n) is 3.94. The molecule has 0 aliphatic carbocycles. The Morgan fingerprint density at radius 2 is 1.83 bits per heavy atom. The summed E-state index contributed by atoms with van der Waals surface area (Å²) in [6.45, 7) is 2.30. The van der Waals surface area contributed by atoms with E-state index in [2.05, 4.69) is 19.1 Å². The zero-order valence-electron chi connectivity index (χ0n) is 16.2. The quantitative estimate of drug-likeness (QED) is 0.459. The smallest absolute Gasteiger partial charge is 0.249 e. The second kappa shape index (κ2) is 7.66. The van der Waals surface area contributed by atoms with Gasteiger partial charge in [0.25, 0.3) is 0 Å². The highest BCUT2D eigenvalue weighted by Gasteiger charge is 2.18. The van der Waals surface area contributed by atoms with Crippen molar-refractivity contribution < 1.29 is 13.6 Å². The van der Waals surface area contributed by atoms with E-state index in [4.69, 9.17) is 5.73 Å². The summed E-state index contributed by atoms with van der Waals surface area (Å²) in [6, 6.07) is 15.7. The molecule has 0 saturated heterocycles. The third-order valence-corrected chi connectivity index (χ3v) is 5.40. The molecule has 3 aromatic carbocycles. The number of hydrogen-bond donors (Lipinski definition) is 1. The topological polar surface area (TPSA) is 48.0 Å². The van der Waals surface area contributed by atoms with Crippen molar-refractivity contribution in [3.05, 3.63) is 82.9 Å². The van der Waals surface area contributed by atoms with E-state index in [-0.39, 0.29) is 12.1 Å². The van der Waals surface area contributed by atoms with Crippen LogP contribution in [0.5, 0.6) is 0 Å². The van der Waals surface area contributed by atoms with Crippen LogP contribution in [0.4, 0.5) is 8.78 Å². The van der Waals surface area contributed by atoms with Gasteiger partial charge in [-0.15, -0.1) is 0 Å². The van der Waals surface area contributed by atoms with Gasteiger partial charge in [-0.1, -0.05) is 43.7 Å². The summed E-state index contributed by atoms with van der Waals surface area (Å²) in [5.74, 6) is -2.23. The van der Waals surface area contributed by atoms with E-state index in [1.807, 2.05) is 16.7 Å². The van der Waals surface area contributed by atoms with Gasteiger partial charge in [-0.2, -0.15) is 0 Å². The highest BCUT2D eigenvalue weighted by molar-refractivity contribution is 6.17. The van der Waals surface area contributed by atoms with E-state index in [1.54, 1.807) is 18.2 Å². The van der Waals surface area contributed by atoms with Crippen LogP contribution in [0.1, 0.15) is 41.3 Å². The summed E-state index contributed by atoms with van der Waals surface area (Å²) in [4.78, 5) is 12.0. The summed E-state index contributed by atoms with van der Waals surface area (Å²) in [5, 5.41) is 1.63. The van der Waals surface area contributed by atoms with E-state index < -0.39 is 17.5 Å². The third-order valence-electron chi connectivity index (χ3n) is 5.40. The van der Waals surface area contributed by atoms with Crippen molar-refractivity contribution >= 4 is 27.7 Å². The lowest BCUT2D eigenvalue weighted by molar-refractivity contribution is 0.100. The highest BCUT2D eigenvalue weighted by Crippen LogP contribution is 2.33. The predicted molar refractivity (Wildman–Crippen MR) is 112 cm³/mol. The van der Waals surface area contributed by atoms with E-state index >= 15 is 0 Å². The number of nitrogens with two attached hydrogens (primary N) is 1. The van der Waals surface area contributed by atoms with E-state index in [0.717, 1.165) is 47.1 Å². The molecule has 1 amide bonds. The number of aromatic nitrogens is 1. The summed E-state index contributed by atoms with van der Waals surface area (Å²) in [6.07, 6.45) is 3.09. The van der Waals surface area contributed by atoms with Crippen LogP contribution in [0.15, 0.2) is 54.6 Å². The number of benzene rings is 3. The molecule has 0 bridgehead atoms. The minimum Gasteiger partial charge on any atom is -0.366 e. The molecule has 0 unspecified atom stereocenters. The van der Waals surface area contributed by atoms with Gasteiger partial charge in [-0.3, -0.25) is 4.79 Å². The highest BCUT2D eigenvalue weighted by atomic mass is 19.2. The molecule has 5 heteroatoms. The van der Waals surface area contributed by atoms with Gasteiger partial charge in [0.2, 0.25) is 5.91 Å².